The summed E-state index contributed by atoms with van der Waals surface area (Å²) in [5.41, 5.74) is 3.17. The molecule has 0 aromatic heterocycles. The lowest BCUT2D eigenvalue weighted by Gasteiger charge is -2.30. The van der Waals surface area contributed by atoms with Crippen LogP contribution in [0.1, 0.15) is 16.7 Å². The van der Waals surface area contributed by atoms with E-state index < -0.39 is 4.87 Å². The molecule has 2 heteroatoms. The Labute approximate surface area is 138 Å². The SMILES string of the molecule is ClC(c1ccccc1)(c1ccccc1)c1ccccc1Br. The van der Waals surface area contributed by atoms with Gasteiger partial charge in [0.2, 0.25) is 0 Å². The predicted molar refractivity (Wildman–Crippen MR) is 92.8 cm³/mol. The molecule has 104 valence electrons. The normalized spacial score (nSPS) is 11.3. The van der Waals surface area contributed by atoms with Gasteiger partial charge in [-0.15, -0.1) is 11.6 Å². The predicted octanol–water partition coefficient (Wildman–Crippen LogP) is 5.98. The number of rotatable bonds is 3. The van der Waals surface area contributed by atoms with Crippen LogP contribution in [0.3, 0.4) is 0 Å². The van der Waals surface area contributed by atoms with Gasteiger partial charge in [-0.05, 0) is 22.8 Å². The third-order valence-electron chi connectivity index (χ3n) is 3.59. The molecule has 0 unspecified atom stereocenters. The van der Waals surface area contributed by atoms with Gasteiger partial charge in [-0.25, -0.2) is 0 Å². The Bertz CT molecular complexity index is 683. The Kier molecular flexibility index (Phi) is 4.14. The van der Waals surface area contributed by atoms with Gasteiger partial charge in [-0.1, -0.05) is 94.8 Å². The molecular formula is C19H14BrCl. The molecule has 0 aliphatic rings. The van der Waals surface area contributed by atoms with Crippen molar-refractivity contribution in [1.82, 2.24) is 0 Å². The molecule has 0 spiro atoms. The highest BCUT2D eigenvalue weighted by molar-refractivity contribution is 9.10. The van der Waals surface area contributed by atoms with Crippen LogP contribution in [0, 0.1) is 0 Å². The zero-order valence-electron chi connectivity index (χ0n) is 11.3. The van der Waals surface area contributed by atoms with Crippen LogP contribution in [-0.4, -0.2) is 0 Å². The highest BCUT2D eigenvalue weighted by Crippen LogP contribution is 2.45. The van der Waals surface area contributed by atoms with E-state index in [4.69, 9.17) is 11.6 Å². The summed E-state index contributed by atoms with van der Waals surface area (Å²) < 4.78 is 1.01. The Morgan fingerprint density at radius 1 is 0.619 bits per heavy atom. The second-order valence-electron chi connectivity index (χ2n) is 4.87. The number of alkyl halides is 1. The summed E-state index contributed by atoms with van der Waals surface area (Å²) in [4.78, 5) is -0.706. The van der Waals surface area contributed by atoms with Crippen molar-refractivity contribution in [3.63, 3.8) is 0 Å². The smallest absolute Gasteiger partial charge is 0.103 e. The van der Waals surface area contributed by atoms with E-state index in [0.29, 0.717) is 0 Å². The molecule has 0 saturated heterocycles. The first-order valence-corrected chi connectivity index (χ1v) is 7.95. The molecule has 0 heterocycles. The molecular weight excluding hydrogens is 344 g/mol. The number of hydrogen-bond acceptors (Lipinski definition) is 0. The van der Waals surface area contributed by atoms with E-state index in [1.807, 2.05) is 54.6 Å². The first-order valence-electron chi connectivity index (χ1n) is 6.78. The molecule has 3 rings (SSSR count). The minimum absolute atomic E-state index is 0.706. The van der Waals surface area contributed by atoms with Gasteiger partial charge in [0.25, 0.3) is 0 Å². The maximum absolute atomic E-state index is 7.19. The largest absolute Gasteiger partial charge is 0.120 e. The highest BCUT2D eigenvalue weighted by atomic mass is 79.9. The molecule has 0 radical (unpaired) electrons. The molecule has 0 nitrogen and oxygen atoms in total. The fourth-order valence-electron chi connectivity index (χ4n) is 2.55. The van der Waals surface area contributed by atoms with E-state index in [0.717, 1.165) is 21.2 Å². The van der Waals surface area contributed by atoms with Crippen molar-refractivity contribution in [3.05, 3.63) is 106 Å². The van der Waals surface area contributed by atoms with Crippen molar-refractivity contribution in [1.29, 1.82) is 0 Å². The first-order chi connectivity index (χ1) is 10.2. The quantitative estimate of drug-likeness (QED) is 0.399. The van der Waals surface area contributed by atoms with Crippen molar-refractivity contribution in [2.75, 3.05) is 0 Å². The van der Waals surface area contributed by atoms with Gasteiger partial charge in [0.15, 0.2) is 0 Å². The van der Waals surface area contributed by atoms with E-state index in [1.54, 1.807) is 0 Å². The van der Waals surface area contributed by atoms with E-state index >= 15 is 0 Å². The van der Waals surface area contributed by atoms with Crippen LogP contribution in [-0.2, 0) is 4.87 Å². The van der Waals surface area contributed by atoms with Crippen LogP contribution in [0.25, 0.3) is 0 Å². The zero-order valence-corrected chi connectivity index (χ0v) is 13.7. The minimum atomic E-state index is -0.706. The van der Waals surface area contributed by atoms with Gasteiger partial charge in [0, 0.05) is 4.47 Å². The van der Waals surface area contributed by atoms with Crippen LogP contribution >= 0.6 is 27.5 Å². The zero-order chi connectivity index (χ0) is 14.7. The average molecular weight is 358 g/mol. The molecule has 0 saturated carbocycles. The Hall–Kier alpha value is -1.57. The van der Waals surface area contributed by atoms with Crippen molar-refractivity contribution in [2.24, 2.45) is 0 Å². The molecule has 0 aliphatic carbocycles. The maximum atomic E-state index is 7.19. The monoisotopic (exact) mass is 356 g/mol. The summed E-state index contributed by atoms with van der Waals surface area (Å²) in [6.45, 7) is 0. The molecule has 0 fully saturated rings. The second kappa shape index (κ2) is 6.05. The fourth-order valence-corrected chi connectivity index (χ4v) is 3.67. The maximum Gasteiger partial charge on any atom is 0.120 e. The van der Waals surface area contributed by atoms with Crippen LogP contribution in [0.5, 0.6) is 0 Å². The third-order valence-corrected chi connectivity index (χ3v) is 4.92. The summed E-state index contributed by atoms with van der Waals surface area (Å²) in [5, 5.41) is 0. The molecule has 3 aromatic carbocycles. The van der Waals surface area contributed by atoms with Crippen LogP contribution < -0.4 is 0 Å². The van der Waals surface area contributed by atoms with Gasteiger partial charge >= 0.3 is 0 Å². The standard InChI is InChI=1S/C19H14BrCl/c20-18-14-8-7-13-17(18)19(21,15-9-3-1-4-10-15)16-11-5-2-6-12-16/h1-14H. The van der Waals surface area contributed by atoms with Crippen molar-refractivity contribution >= 4 is 27.5 Å². The molecule has 0 amide bonds. The number of halogens is 2. The number of hydrogen-bond donors (Lipinski definition) is 0. The molecule has 0 atom stereocenters. The van der Waals surface area contributed by atoms with Crippen LogP contribution in [0.4, 0.5) is 0 Å². The summed E-state index contributed by atoms with van der Waals surface area (Å²) >= 11 is 10.8. The molecule has 0 N–H and O–H groups in total. The van der Waals surface area contributed by atoms with Crippen molar-refractivity contribution in [3.8, 4) is 0 Å². The average Bonchev–Trinajstić information content (AvgIpc) is 2.56. The van der Waals surface area contributed by atoms with Gasteiger partial charge in [0.05, 0.1) is 0 Å². The number of benzene rings is 3. The van der Waals surface area contributed by atoms with Gasteiger partial charge in [0.1, 0.15) is 4.87 Å². The summed E-state index contributed by atoms with van der Waals surface area (Å²) in [6, 6.07) is 28.5. The van der Waals surface area contributed by atoms with E-state index in [2.05, 4.69) is 46.3 Å². The third kappa shape index (κ3) is 2.64. The lowest BCUT2D eigenvalue weighted by atomic mass is 9.84. The van der Waals surface area contributed by atoms with Crippen LogP contribution in [0.2, 0.25) is 0 Å². The van der Waals surface area contributed by atoms with E-state index in [-0.39, 0.29) is 0 Å². The Morgan fingerprint density at radius 3 is 1.52 bits per heavy atom. The second-order valence-corrected chi connectivity index (χ2v) is 6.29. The molecule has 0 aliphatic heterocycles. The van der Waals surface area contributed by atoms with Crippen molar-refractivity contribution < 1.29 is 0 Å². The van der Waals surface area contributed by atoms with Gasteiger partial charge in [-0.2, -0.15) is 0 Å². The molecule has 0 bridgehead atoms. The fraction of sp³-hybridized carbons (Fsp3) is 0.0526. The van der Waals surface area contributed by atoms with E-state index in [9.17, 15) is 0 Å². The Balaban J connectivity index is 2.29. The van der Waals surface area contributed by atoms with E-state index in [1.165, 1.54) is 0 Å². The van der Waals surface area contributed by atoms with Gasteiger partial charge in [-0.3, -0.25) is 0 Å². The summed E-state index contributed by atoms with van der Waals surface area (Å²) in [7, 11) is 0. The van der Waals surface area contributed by atoms with Crippen molar-refractivity contribution in [2.45, 2.75) is 4.87 Å². The summed E-state index contributed by atoms with van der Waals surface area (Å²) in [5.74, 6) is 0. The first kappa shape index (κ1) is 14.4. The van der Waals surface area contributed by atoms with Gasteiger partial charge < -0.3 is 0 Å². The lowest BCUT2D eigenvalue weighted by Crippen LogP contribution is -2.22. The Morgan fingerprint density at radius 2 is 1.05 bits per heavy atom. The van der Waals surface area contributed by atoms with Crippen LogP contribution in [0.15, 0.2) is 89.4 Å². The molecule has 21 heavy (non-hydrogen) atoms. The molecule has 3 aromatic rings. The minimum Gasteiger partial charge on any atom is -0.103 e. The topological polar surface area (TPSA) is 0 Å². The summed E-state index contributed by atoms with van der Waals surface area (Å²) in [6.07, 6.45) is 0. The lowest BCUT2D eigenvalue weighted by molar-refractivity contribution is 0.873. The highest BCUT2D eigenvalue weighted by Gasteiger charge is 2.35.